The minimum atomic E-state index is 0.764. The van der Waals surface area contributed by atoms with Crippen molar-refractivity contribution < 1.29 is 0 Å². The highest BCUT2D eigenvalue weighted by molar-refractivity contribution is 7.99. The molecule has 0 spiro atoms. The third kappa shape index (κ3) is 3.18. The van der Waals surface area contributed by atoms with Crippen LogP contribution in [0.2, 0.25) is 0 Å². The van der Waals surface area contributed by atoms with Crippen molar-refractivity contribution in [2.24, 2.45) is 0 Å². The highest BCUT2D eigenvalue weighted by atomic mass is 32.2. The molecule has 1 N–H and O–H groups in total. The van der Waals surface area contributed by atoms with Gasteiger partial charge in [0.2, 0.25) is 0 Å². The molecule has 0 aromatic heterocycles. The maximum Gasteiger partial charge on any atom is 0.0217 e. The largest absolute Gasteiger partial charge is 0.314 e. The third-order valence-electron chi connectivity index (χ3n) is 4.57. The number of hydrogen-bond acceptors (Lipinski definition) is 3. The Labute approximate surface area is 111 Å². The maximum absolute atomic E-state index is 3.62. The topological polar surface area (TPSA) is 15.3 Å². The normalized spacial score (nSPS) is 39.7. The van der Waals surface area contributed by atoms with E-state index in [2.05, 4.69) is 42.1 Å². The van der Waals surface area contributed by atoms with Crippen LogP contribution in [0.5, 0.6) is 0 Å². The van der Waals surface area contributed by atoms with Crippen LogP contribution in [0.25, 0.3) is 0 Å². The van der Waals surface area contributed by atoms with Crippen LogP contribution in [0.4, 0.5) is 0 Å². The number of thioether (sulfide) groups is 1. The summed E-state index contributed by atoms with van der Waals surface area (Å²) in [6.45, 7) is 7.08. The first-order valence-electron chi connectivity index (χ1n) is 7.28. The van der Waals surface area contributed by atoms with E-state index in [9.17, 15) is 0 Å². The smallest absolute Gasteiger partial charge is 0.0217 e. The van der Waals surface area contributed by atoms with Gasteiger partial charge < -0.3 is 5.32 Å². The van der Waals surface area contributed by atoms with Crippen molar-refractivity contribution in [1.82, 2.24) is 10.2 Å². The second-order valence-electron chi connectivity index (χ2n) is 5.64. The van der Waals surface area contributed by atoms with E-state index < -0.39 is 0 Å². The van der Waals surface area contributed by atoms with Crippen LogP contribution in [0, 0.1) is 0 Å². The van der Waals surface area contributed by atoms with Crippen molar-refractivity contribution >= 4 is 11.8 Å². The van der Waals surface area contributed by atoms with Crippen LogP contribution in [0.1, 0.15) is 46.0 Å². The summed E-state index contributed by atoms with van der Waals surface area (Å²) < 4.78 is 0. The Morgan fingerprint density at radius 1 is 1.29 bits per heavy atom. The van der Waals surface area contributed by atoms with Crippen molar-refractivity contribution in [3.05, 3.63) is 0 Å². The van der Waals surface area contributed by atoms with Crippen LogP contribution in [-0.4, -0.2) is 47.6 Å². The van der Waals surface area contributed by atoms with E-state index in [1.54, 1.807) is 0 Å². The predicted octanol–water partition coefficient (Wildman–Crippen LogP) is 2.73. The minimum Gasteiger partial charge on any atom is -0.314 e. The summed E-state index contributed by atoms with van der Waals surface area (Å²) in [5.41, 5.74) is 0. The molecule has 0 amide bonds. The summed E-state index contributed by atoms with van der Waals surface area (Å²) in [7, 11) is 0. The monoisotopic (exact) mass is 256 g/mol. The second-order valence-corrected chi connectivity index (χ2v) is 6.72. The van der Waals surface area contributed by atoms with Crippen molar-refractivity contribution in [2.45, 2.75) is 69.3 Å². The Balaban J connectivity index is 1.90. The molecule has 2 rings (SSSR count). The molecule has 0 aromatic carbocycles. The number of piperidine rings is 1. The van der Waals surface area contributed by atoms with Gasteiger partial charge in [-0.15, -0.1) is 0 Å². The Kier molecular flexibility index (Phi) is 5.19. The minimum absolute atomic E-state index is 0.764. The molecule has 2 fully saturated rings. The standard InChI is InChI=1S/C14H28N2S/c1-4-15-12-8-9-16(11(2)10-12)13-6-5-7-14(13)17-3/h11-15H,4-10H2,1-3H3. The summed E-state index contributed by atoms with van der Waals surface area (Å²) in [6, 6.07) is 2.40. The van der Waals surface area contributed by atoms with E-state index in [1.165, 1.54) is 38.6 Å². The molecular formula is C14H28N2S. The number of rotatable bonds is 4. The first kappa shape index (κ1) is 13.7. The Bertz CT molecular complexity index is 234. The van der Waals surface area contributed by atoms with Gasteiger partial charge in [-0.2, -0.15) is 11.8 Å². The first-order chi connectivity index (χ1) is 8.26. The summed E-state index contributed by atoms with van der Waals surface area (Å²) in [4.78, 5) is 2.81. The van der Waals surface area contributed by atoms with E-state index in [0.717, 1.165) is 29.9 Å². The molecule has 2 aliphatic rings. The lowest BCUT2D eigenvalue weighted by Crippen LogP contribution is -2.52. The lowest BCUT2D eigenvalue weighted by Gasteiger charge is -2.43. The number of hydrogen-bond donors (Lipinski definition) is 1. The van der Waals surface area contributed by atoms with Gasteiger partial charge in [0.05, 0.1) is 0 Å². The summed E-state index contributed by atoms with van der Waals surface area (Å²) >= 11 is 2.09. The van der Waals surface area contributed by atoms with Gasteiger partial charge in [-0.25, -0.2) is 0 Å². The fraction of sp³-hybridized carbons (Fsp3) is 1.00. The third-order valence-corrected chi connectivity index (χ3v) is 5.72. The van der Waals surface area contributed by atoms with E-state index in [0.29, 0.717) is 0 Å². The average molecular weight is 256 g/mol. The molecule has 2 nitrogen and oxygen atoms in total. The summed E-state index contributed by atoms with van der Waals surface area (Å²) in [5, 5.41) is 4.52. The van der Waals surface area contributed by atoms with Gasteiger partial charge in [0.25, 0.3) is 0 Å². The Morgan fingerprint density at radius 3 is 2.76 bits per heavy atom. The Morgan fingerprint density at radius 2 is 2.12 bits per heavy atom. The molecule has 3 heteroatoms. The second kappa shape index (κ2) is 6.44. The number of likely N-dealkylation sites (tertiary alicyclic amines) is 1. The van der Waals surface area contributed by atoms with Crippen molar-refractivity contribution in [2.75, 3.05) is 19.3 Å². The molecule has 1 aliphatic carbocycles. The van der Waals surface area contributed by atoms with E-state index >= 15 is 0 Å². The predicted molar refractivity (Wildman–Crippen MR) is 77.8 cm³/mol. The molecule has 1 heterocycles. The van der Waals surface area contributed by atoms with Gasteiger partial charge in [-0.05, 0) is 45.4 Å². The van der Waals surface area contributed by atoms with E-state index in [-0.39, 0.29) is 0 Å². The van der Waals surface area contributed by atoms with Crippen LogP contribution < -0.4 is 5.32 Å². The van der Waals surface area contributed by atoms with Gasteiger partial charge >= 0.3 is 0 Å². The van der Waals surface area contributed by atoms with Gasteiger partial charge in [-0.3, -0.25) is 4.90 Å². The molecule has 0 bridgehead atoms. The van der Waals surface area contributed by atoms with E-state index in [4.69, 9.17) is 0 Å². The molecule has 0 aromatic rings. The maximum atomic E-state index is 3.62. The van der Waals surface area contributed by atoms with Gasteiger partial charge in [0.1, 0.15) is 0 Å². The number of nitrogens with one attached hydrogen (secondary N) is 1. The highest BCUT2D eigenvalue weighted by Gasteiger charge is 2.36. The van der Waals surface area contributed by atoms with Gasteiger partial charge in [-0.1, -0.05) is 13.3 Å². The highest BCUT2D eigenvalue weighted by Crippen LogP contribution is 2.35. The lowest BCUT2D eigenvalue weighted by molar-refractivity contribution is 0.0929. The van der Waals surface area contributed by atoms with E-state index in [1.807, 2.05) is 0 Å². The van der Waals surface area contributed by atoms with Crippen molar-refractivity contribution in [1.29, 1.82) is 0 Å². The van der Waals surface area contributed by atoms with Gasteiger partial charge in [0.15, 0.2) is 0 Å². The fourth-order valence-electron chi connectivity index (χ4n) is 3.72. The molecule has 1 aliphatic heterocycles. The average Bonchev–Trinajstić information content (AvgIpc) is 2.77. The molecule has 1 saturated heterocycles. The van der Waals surface area contributed by atoms with Crippen LogP contribution in [-0.2, 0) is 0 Å². The molecule has 4 unspecified atom stereocenters. The zero-order chi connectivity index (χ0) is 12.3. The lowest BCUT2D eigenvalue weighted by atomic mass is 9.96. The van der Waals surface area contributed by atoms with Gasteiger partial charge in [0, 0.05) is 29.9 Å². The molecule has 100 valence electrons. The first-order valence-corrected chi connectivity index (χ1v) is 8.57. The Hall–Kier alpha value is 0.270. The van der Waals surface area contributed by atoms with Crippen molar-refractivity contribution in [3.8, 4) is 0 Å². The summed E-state index contributed by atoms with van der Waals surface area (Å²) in [6.07, 6.45) is 9.28. The van der Waals surface area contributed by atoms with Crippen LogP contribution in [0.15, 0.2) is 0 Å². The molecule has 0 radical (unpaired) electrons. The SMILES string of the molecule is CCNC1CCN(C2CCCC2SC)C(C)C1. The molecule has 17 heavy (non-hydrogen) atoms. The molecular weight excluding hydrogens is 228 g/mol. The zero-order valence-electron chi connectivity index (χ0n) is 11.6. The molecule has 1 saturated carbocycles. The van der Waals surface area contributed by atoms with Crippen LogP contribution in [0.3, 0.4) is 0 Å². The zero-order valence-corrected chi connectivity index (χ0v) is 12.4. The number of nitrogens with zero attached hydrogens (tertiary/aromatic N) is 1. The van der Waals surface area contributed by atoms with Crippen molar-refractivity contribution in [3.63, 3.8) is 0 Å². The van der Waals surface area contributed by atoms with Crippen LogP contribution >= 0.6 is 11.8 Å². The quantitative estimate of drug-likeness (QED) is 0.832. The molecule has 4 atom stereocenters. The fourth-order valence-corrected chi connectivity index (χ4v) is 4.73. The summed E-state index contributed by atoms with van der Waals surface area (Å²) in [5.74, 6) is 0.